The fraction of sp³-hybridized carbons (Fsp3) is 0.458. The van der Waals surface area contributed by atoms with E-state index >= 15 is 0 Å². The van der Waals surface area contributed by atoms with Gasteiger partial charge in [-0.05, 0) is 12.1 Å². The molecule has 2 heterocycles. The van der Waals surface area contributed by atoms with Crippen LogP contribution in [0.2, 0.25) is 0 Å². The average molecular weight is 538 g/mol. The van der Waals surface area contributed by atoms with Gasteiger partial charge in [-0.2, -0.15) is 0 Å². The summed E-state index contributed by atoms with van der Waals surface area (Å²) in [6.45, 7) is 3.47. The van der Waals surface area contributed by atoms with Crippen LogP contribution >= 0.6 is 0 Å². The van der Waals surface area contributed by atoms with Crippen LogP contribution in [0.1, 0.15) is 43.8 Å². The Balaban J connectivity index is 2.09. The number of furan rings is 1. The van der Waals surface area contributed by atoms with E-state index in [4.69, 9.17) is 32.8 Å². The SMILES string of the molecule is CC(=O)OC[C@H]1O[C@@H](Oc2ccc(CO)c3oc(C(=O)O)cc23)[C@H](OC(C)=O)[C@@H](OC(C)=O)[C@H]1OC(C)=O. The minimum absolute atomic E-state index is 0.00523. The van der Waals surface area contributed by atoms with Gasteiger partial charge in [0.1, 0.15) is 24.0 Å². The monoisotopic (exact) mass is 538 g/mol. The molecule has 2 N–H and O–H groups in total. The summed E-state index contributed by atoms with van der Waals surface area (Å²) in [5.41, 5.74) is 0.287. The molecule has 0 spiro atoms. The molecule has 206 valence electrons. The predicted octanol–water partition coefficient (Wildman–Crippen LogP) is 1.09. The number of carboxylic acid groups (broad SMARTS) is 1. The van der Waals surface area contributed by atoms with Gasteiger partial charge >= 0.3 is 29.8 Å². The van der Waals surface area contributed by atoms with Crippen molar-refractivity contribution in [1.29, 1.82) is 0 Å². The van der Waals surface area contributed by atoms with Crippen LogP contribution in [-0.4, -0.2) is 77.4 Å². The average Bonchev–Trinajstić information content (AvgIpc) is 3.27. The molecule has 38 heavy (non-hydrogen) atoms. The molecule has 5 atom stereocenters. The number of esters is 4. The molecule has 0 amide bonds. The second-order valence-electron chi connectivity index (χ2n) is 8.23. The molecular weight excluding hydrogens is 512 g/mol. The van der Waals surface area contributed by atoms with E-state index in [1.807, 2.05) is 0 Å². The molecule has 0 radical (unpaired) electrons. The zero-order valence-electron chi connectivity index (χ0n) is 20.8. The number of carbonyl (C=O) groups excluding carboxylic acids is 4. The van der Waals surface area contributed by atoms with Crippen LogP contribution in [0.5, 0.6) is 5.75 Å². The van der Waals surface area contributed by atoms with E-state index in [0.717, 1.165) is 33.8 Å². The number of ether oxygens (including phenoxy) is 6. The fourth-order valence-corrected chi connectivity index (χ4v) is 3.90. The first-order chi connectivity index (χ1) is 17.9. The summed E-state index contributed by atoms with van der Waals surface area (Å²) in [5.74, 6) is -4.91. The van der Waals surface area contributed by atoms with Gasteiger partial charge < -0.3 is 43.1 Å². The number of benzene rings is 1. The van der Waals surface area contributed by atoms with E-state index in [1.54, 1.807) is 0 Å². The fourth-order valence-electron chi connectivity index (χ4n) is 3.90. The Morgan fingerprint density at radius 2 is 1.47 bits per heavy atom. The van der Waals surface area contributed by atoms with Crippen LogP contribution in [0.15, 0.2) is 22.6 Å². The molecule has 3 rings (SSSR count). The van der Waals surface area contributed by atoms with E-state index < -0.39 is 79.5 Å². The third-order valence-electron chi connectivity index (χ3n) is 5.30. The second kappa shape index (κ2) is 11.9. The third kappa shape index (κ3) is 6.58. The summed E-state index contributed by atoms with van der Waals surface area (Å²) in [4.78, 5) is 58.7. The topological polar surface area (TPSA) is 194 Å². The van der Waals surface area contributed by atoms with Gasteiger partial charge in [-0.1, -0.05) is 0 Å². The maximum atomic E-state index is 12.0. The van der Waals surface area contributed by atoms with Crippen molar-refractivity contribution >= 4 is 40.8 Å². The van der Waals surface area contributed by atoms with Crippen LogP contribution in [0, 0.1) is 0 Å². The molecule has 2 aromatic rings. The Bertz CT molecular complexity index is 1230. The summed E-state index contributed by atoms with van der Waals surface area (Å²) in [5, 5.41) is 19.1. The molecule has 14 heteroatoms. The number of rotatable bonds is 9. The summed E-state index contributed by atoms with van der Waals surface area (Å²) in [7, 11) is 0. The van der Waals surface area contributed by atoms with Crippen LogP contribution in [0.3, 0.4) is 0 Å². The minimum atomic E-state index is -1.54. The Morgan fingerprint density at radius 1 is 0.868 bits per heavy atom. The molecule has 1 aromatic carbocycles. The molecule has 14 nitrogen and oxygen atoms in total. The van der Waals surface area contributed by atoms with Crippen LogP contribution in [-0.2, 0) is 49.5 Å². The maximum absolute atomic E-state index is 12.0. The van der Waals surface area contributed by atoms with Gasteiger partial charge in [0.25, 0.3) is 0 Å². The number of carboxylic acids is 1. The number of aliphatic hydroxyl groups is 1. The van der Waals surface area contributed by atoms with Gasteiger partial charge in [0.2, 0.25) is 18.2 Å². The Morgan fingerprint density at radius 3 is 2.03 bits per heavy atom. The number of aliphatic hydroxyl groups excluding tert-OH is 1. The third-order valence-corrected chi connectivity index (χ3v) is 5.30. The largest absolute Gasteiger partial charge is 0.475 e. The van der Waals surface area contributed by atoms with Crippen molar-refractivity contribution in [1.82, 2.24) is 0 Å². The van der Waals surface area contributed by atoms with Gasteiger partial charge in [0, 0.05) is 39.3 Å². The highest BCUT2D eigenvalue weighted by atomic mass is 16.7. The minimum Gasteiger partial charge on any atom is -0.475 e. The number of aromatic carboxylic acids is 1. The van der Waals surface area contributed by atoms with Crippen molar-refractivity contribution in [3.63, 3.8) is 0 Å². The molecule has 1 fully saturated rings. The van der Waals surface area contributed by atoms with Gasteiger partial charge in [0.05, 0.1) is 12.0 Å². The Kier molecular flexibility index (Phi) is 8.91. The van der Waals surface area contributed by atoms with Gasteiger partial charge in [-0.3, -0.25) is 19.2 Å². The first-order valence-electron chi connectivity index (χ1n) is 11.3. The Hall–Kier alpha value is -4.17. The lowest BCUT2D eigenvalue weighted by molar-refractivity contribution is -0.288. The van der Waals surface area contributed by atoms with Crippen molar-refractivity contribution in [3.8, 4) is 5.75 Å². The number of carbonyl (C=O) groups is 5. The Labute approximate surface area is 215 Å². The number of hydrogen-bond acceptors (Lipinski definition) is 13. The highest BCUT2D eigenvalue weighted by Crippen LogP contribution is 2.36. The van der Waals surface area contributed by atoms with Crippen molar-refractivity contribution < 1.29 is 67.0 Å². The van der Waals surface area contributed by atoms with Crippen molar-refractivity contribution in [2.75, 3.05) is 6.61 Å². The van der Waals surface area contributed by atoms with Gasteiger partial charge in [-0.25, -0.2) is 4.79 Å². The van der Waals surface area contributed by atoms with Crippen LogP contribution in [0.4, 0.5) is 0 Å². The molecule has 1 aliphatic rings. The summed E-state index contributed by atoms with van der Waals surface area (Å²) in [6, 6.07) is 3.97. The zero-order chi connectivity index (χ0) is 28.1. The molecule has 0 aliphatic carbocycles. The summed E-state index contributed by atoms with van der Waals surface area (Å²) < 4.78 is 38.3. The lowest BCUT2D eigenvalue weighted by atomic mass is 9.98. The van der Waals surface area contributed by atoms with Crippen LogP contribution in [0.25, 0.3) is 11.0 Å². The lowest BCUT2D eigenvalue weighted by Crippen LogP contribution is -2.63. The smallest absolute Gasteiger partial charge is 0.371 e. The second-order valence-corrected chi connectivity index (χ2v) is 8.23. The standard InChI is InChI=1S/C24H26O14/c1-10(26)32-9-18-20(33-11(2)27)21(34-12(3)28)22(35-13(4)29)24(38-18)37-16-6-5-14(8-25)19-15(16)7-17(36-19)23(30)31/h5-7,18,20-22,24-25H,8-9H2,1-4H3,(H,30,31)/t18-,20+,21+,22-,24-/m1/s1. The van der Waals surface area contributed by atoms with Crippen molar-refractivity contribution in [2.45, 2.75) is 65.0 Å². The highest BCUT2D eigenvalue weighted by Gasteiger charge is 2.53. The van der Waals surface area contributed by atoms with E-state index in [2.05, 4.69) is 0 Å². The predicted molar refractivity (Wildman–Crippen MR) is 122 cm³/mol. The van der Waals surface area contributed by atoms with Gasteiger partial charge in [0.15, 0.2) is 12.2 Å². The zero-order valence-corrected chi connectivity index (χ0v) is 20.8. The first-order valence-corrected chi connectivity index (χ1v) is 11.3. The van der Waals surface area contributed by atoms with Crippen molar-refractivity contribution in [3.05, 3.63) is 29.5 Å². The molecule has 0 saturated carbocycles. The van der Waals surface area contributed by atoms with E-state index in [9.17, 15) is 34.2 Å². The molecule has 1 aliphatic heterocycles. The molecule has 0 bridgehead atoms. The normalized spacial score (nSPS) is 22.8. The number of fused-ring (bicyclic) bond motifs is 1. The molecular formula is C24H26O14. The lowest BCUT2D eigenvalue weighted by Gasteiger charge is -2.43. The van der Waals surface area contributed by atoms with E-state index in [0.29, 0.717) is 0 Å². The molecule has 0 unspecified atom stereocenters. The van der Waals surface area contributed by atoms with Crippen molar-refractivity contribution in [2.24, 2.45) is 0 Å². The number of hydrogen-bond donors (Lipinski definition) is 2. The first kappa shape index (κ1) is 28.4. The molecule has 1 saturated heterocycles. The van der Waals surface area contributed by atoms with Crippen LogP contribution < -0.4 is 4.74 Å². The summed E-state index contributed by atoms with van der Waals surface area (Å²) in [6.07, 6.45) is -7.10. The quantitative estimate of drug-likeness (QED) is 0.340. The van der Waals surface area contributed by atoms with E-state index in [1.165, 1.54) is 12.1 Å². The van der Waals surface area contributed by atoms with Gasteiger partial charge in [-0.15, -0.1) is 0 Å². The maximum Gasteiger partial charge on any atom is 0.371 e. The summed E-state index contributed by atoms with van der Waals surface area (Å²) >= 11 is 0. The van der Waals surface area contributed by atoms with E-state index in [-0.39, 0.29) is 22.3 Å². The highest BCUT2D eigenvalue weighted by molar-refractivity contribution is 5.95. The molecule has 1 aromatic heterocycles.